The largest absolute Gasteiger partial charge is 0.496 e. The minimum absolute atomic E-state index is 0.0937. The molecule has 162 valence electrons. The Bertz CT molecular complexity index is 907. The predicted molar refractivity (Wildman–Crippen MR) is 119 cm³/mol. The highest BCUT2D eigenvalue weighted by Gasteiger charge is 2.19. The first-order valence-electron chi connectivity index (χ1n) is 9.74. The lowest BCUT2D eigenvalue weighted by Gasteiger charge is -2.23. The van der Waals surface area contributed by atoms with E-state index in [0.29, 0.717) is 22.1 Å². The Kier molecular flexibility index (Phi) is 8.12. The van der Waals surface area contributed by atoms with Crippen LogP contribution in [-0.2, 0) is 10.2 Å². The van der Waals surface area contributed by atoms with E-state index in [1.165, 1.54) is 13.2 Å². The first-order chi connectivity index (χ1) is 14.1. The van der Waals surface area contributed by atoms with E-state index < -0.39 is 0 Å². The van der Waals surface area contributed by atoms with Gasteiger partial charge in [0.15, 0.2) is 6.61 Å². The lowest BCUT2D eigenvalue weighted by Crippen LogP contribution is -2.37. The fourth-order valence-electron chi connectivity index (χ4n) is 2.88. The van der Waals surface area contributed by atoms with Crippen LogP contribution in [-0.4, -0.2) is 38.6 Å². The highest BCUT2D eigenvalue weighted by atomic mass is 35.5. The molecule has 0 radical (unpaired) electrons. The number of halogens is 1. The number of hydrogen-bond acceptors (Lipinski definition) is 4. The van der Waals surface area contributed by atoms with Gasteiger partial charge >= 0.3 is 0 Å². The summed E-state index contributed by atoms with van der Waals surface area (Å²) in [4.78, 5) is 24.4. The molecule has 2 N–H and O–H groups in total. The van der Waals surface area contributed by atoms with Gasteiger partial charge in [-0.25, -0.2) is 0 Å². The van der Waals surface area contributed by atoms with Crippen molar-refractivity contribution >= 4 is 23.4 Å². The Balaban J connectivity index is 1.81. The van der Waals surface area contributed by atoms with Crippen LogP contribution in [0.2, 0.25) is 5.02 Å². The summed E-state index contributed by atoms with van der Waals surface area (Å²) in [5, 5.41) is 5.91. The van der Waals surface area contributed by atoms with E-state index in [4.69, 9.17) is 21.1 Å². The maximum absolute atomic E-state index is 12.3. The molecular weight excluding hydrogens is 404 g/mol. The van der Waals surface area contributed by atoms with Gasteiger partial charge in [-0.1, -0.05) is 50.1 Å². The number of aryl methyl sites for hydroxylation is 1. The molecule has 0 aliphatic carbocycles. The number of nitrogens with one attached hydrogen (secondary N) is 2. The molecule has 0 heterocycles. The molecule has 0 bridgehead atoms. The Labute approximate surface area is 182 Å². The monoisotopic (exact) mass is 432 g/mol. The van der Waals surface area contributed by atoms with Crippen LogP contribution in [0, 0.1) is 6.92 Å². The number of ether oxygens (including phenoxy) is 2. The Hall–Kier alpha value is -2.73. The number of carbonyl (C=O) groups excluding carboxylic acids is 2. The quantitative estimate of drug-likeness (QED) is 0.620. The Morgan fingerprint density at radius 3 is 2.33 bits per heavy atom. The molecule has 0 unspecified atom stereocenters. The van der Waals surface area contributed by atoms with Crippen molar-refractivity contribution in [1.82, 2.24) is 10.6 Å². The average Bonchev–Trinajstić information content (AvgIpc) is 2.69. The fraction of sp³-hybridized carbons (Fsp3) is 0.391. The third-order valence-corrected chi connectivity index (χ3v) is 4.68. The van der Waals surface area contributed by atoms with Gasteiger partial charge in [0.1, 0.15) is 11.5 Å². The predicted octanol–water partition coefficient (Wildman–Crippen LogP) is 3.88. The summed E-state index contributed by atoms with van der Waals surface area (Å²) in [5.74, 6) is 0.547. The van der Waals surface area contributed by atoms with Crippen molar-refractivity contribution in [2.24, 2.45) is 0 Å². The zero-order chi connectivity index (χ0) is 22.3. The number of methoxy groups -OCH3 is 1. The first kappa shape index (κ1) is 23.5. The van der Waals surface area contributed by atoms with Crippen molar-refractivity contribution in [3.8, 4) is 11.5 Å². The molecule has 30 heavy (non-hydrogen) atoms. The minimum atomic E-state index is -0.325. The van der Waals surface area contributed by atoms with Crippen molar-refractivity contribution < 1.29 is 19.1 Å². The van der Waals surface area contributed by atoms with Crippen LogP contribution in [0.3, 0.4) is 0 Å². The van der Waals surface area contributed by atoms with Crippen molar-refractivity contribution in [3.63, 3.8) is 0 Å². The van der Waals surface area contributed by atoms with E-state index in [9.17, 15) is 9.59 Å². The lowest BCUT2D eigenvalue weighted by molar-refractivity contribution is -0.123. The molecule has 0 aromatic heterocycles. The Morgan fingerprint density at radius 1 is 1.00 bits per heavy atom. The summed E-state index contributed by atoms with van der Waals surface area (Å²) in [6, 6.07) is 10.7. The molecule has 0 saturated carbocycles. The maximum atomic E-state index is 12.3. The number of hydrogen-bond donors (Lipinski definition) is 2. The molecule has 0 fully saturated rings. The molecule has 2 aromatic carbocycles. The molecule has 0 spiro atoms. The highest BCUT2D eigenvalue weighted by Crippen LogP contribution is 2.32. The second-order valence-electron chi connectivity index (χ2n) is 7.99. The molecule has 2 amide bonds. The van der Waals surface area contributed by atoms with Crippen LogP contribution in [0.1, 0.15) is 42.3 Å². The fourth-order valence-corrected chi connectivity index (χ4v) is 3.05. The summed E-state index contributed by atoms with van der Waals surface area (Å²) in [7, 11) is 1.49. The van der Waals surface area contributed by atoms with Crippen LogP contribution in [0.15, 0.2) is 36.4 Å². The minimum Gasteiger partial charge on any atom is -0.496 e. The second-order valence-corrected chi connectivity index (χ2v) is 8.43. The molecule has 2 aromatic rings. The van der Waals surface area contributed by atoms with E-state index >= 15 is 0 Å². The first-order valence-corrected chi connectivity index (χ1v) is 10.1. The van der Waals surface area contributed by atoms with Crippen LogP contribution < -0.4 is 20.1 Å². The smallest absolute Gasteiger partial charge is 0.258 e. The van der Waals surface area contributed by atoms with E-state index in [2.05, 4.69) is 37.5 Å². The third kappa shape index (κ3) is 6.66. The van der Waals surface area contributed by atoms with Crippen LogP contribution >= 0.6 is 11.6 Å². The molecule has 2 rings (SSSR count). The average molecular weight is 433 g/mol. The number of amides is 2. The molecule has 0 saturated heterocycles. The van der Waals surface area contributed by atoms with Crippen LogP contribution in [0.4, 0.5) is 0 Å². The van der Waals surface area contributed by atoms with Gasteiger partial charge in [0.2, 0.25) is 0 Å². The van der Waals surface area contributed by atoms with E-state index in [0.717, 1.165) is 11.1 Å². The van der Waals surface area contributed by atoms with E-state index in [1.807, 2.05) is 19.1 Å². The van der Waals surface area contributed by atoms with Crippen molar-refractivity contribution in [2.75, 3.05) is 26.8 Å². The molecule has 0 atom stereocenters. The van der Waals surface area contributed by atoms with Gasteiger partial charge in [0.05, 0.1) is 12.7 Å². The van der Waals surface area contributed by atoms with Crippen molar-refractivity contribution in [1.29, 1.82) is 0 Å². The number of carbonyl (C=O) groups is 2. The SMILES string of the molecule is COc1ccc(Cl)cc1C(=O)NCCNC(=O)COc1ccc(C)cc1C(C)(C)C. The number of benzene rings is 2. The van der Waals surface area contributed by atoms with Crippen LogP contribution in [0.25, 0.3) is 0 Å². The van der Waals surface area contributed by atoms with Gasteiger partial charge in [-0.3, -0.25) is 9.59 Å². The van der Waals surface area contributed by atoms with Gasteiger partial charge in [0, 0.05) is 18.1 Å². The topological polar surface area (TPSA) is 76.7 Å². The normalized spacial score (nSPS) is 11.0. The molecule has 6 nitrogen and oxygen atoms in total. The summed E-state index contributed by atoms with van der Waals surface area (Å²) >= 11 is 5.95. The summed E-state index contributed by atoms with van der Waals surface area (Å²) < 4.78 is 10.9. The number of rotatable bonds is 8. The molecule has 0 aliphatic rings. The summed E-state index contributed by atoms with van der Waals surface area (Å²) in [5.41, 5.74) is 2.44. The standard InChI is InChI=1S/C23H29ClN2O4/c1-15-6-8-20(18(12-15)23(2,3)4)30-14-21(27)25-10-11-26-22(28)17-13-16(24)7-9-19(17)29-5/h6-9,12-13H,10-11,14H2,1-5H3,(H,25,27)(H,26,28). The summed E-state index contributed by atoms with van der Waals surface area (Å²) in [6.07, 6.45) is 0. The summed E-state index contributed by atoms with van der Waals surface area (Å²) in [6.45, 7) is 8.78. The van der Waals surface area contributed by atoms with Gasteiger partial charge < -0.3 is 20.1 Å². The van der Waals surface area contributed by atoms with Gasteiger partial charge in [-0.15, -0.1) is 0 Å². The third-order valence-electron chi connectivity index (χ3n) is 4.44. The van der Waals surface area contributed by atoms with Gasteiger partial charge in [-0.2, -0.15) is 0 Å². The zero-order valence-corrected chi connectivity index (χ0v) is 18.9. The molecule has 0 aliphatic heterocycles. The molecule has 7 heteroatoms. The highest BCUT2D eigenvalue weighted by molar-refractivity contribution is 6.31. The lowest BCUT2D eigenvalue weighted by atomic mass is 9.85. The van der Waals surface area contributed by atoms with E-state index in [1.54, 1.807) is 12.1 Å². The van der Waals surface area contributed by atoms with Gasteiger partial charge in [-0.05, 0) is 42.2 Å². The van der Waals surface area contributed by atoms with Gasteiger partial charge in [0.25, 0.3) is 11.8 Å². The second kappa shape index (κ2) is 10.3. The molecular formula is C23H29ClN2O4. The van der Waals surface area contributed by atoms with Crippen molar-refractivity contribution in [2.45, 2.75) is 33.1 Å². The maximum Gasteiger partial charge on any atom is 0.258 e. The van der Waals surface area contributed by atoms with Crippen molar-refractivity contribution in [3.05, 3.63) is 58.1 Å². The van der Waals surface area contributed by atoms with Crippen LogP contribution in [0.5, 0.6) is 11.5 Å². The zero-order valence-electron chi connectivity index (χ0n) is 18.1. The Morgan fingerprint density at radius 2 is 1.67 bits per heavy atom. The van der Waals surface area contributed by atoms with E-state index in [-0.39, 0.29) is 36.9 Å².